The van der Waals surface area contributed by atoms with Gasteiger partial charge in [-0.15, -0.1) is 10.2 Å². The Morgan fingerprint density at radius 1 is 1.14 bits per heavy atom. The Bertz CT molecular complexity index is 1560. The number of carbonyl (C=O) groups excluding carboxylic acids is 1. The number of anilines is 1. The van der Waals surface area contributed by atoms with Crippen molar-refractivity contribution in [3.63, 3.8) is 0 Å². The van der Waals surface area contributed by atoms with E-state index in [0.717, 1.165) is 17.8 Å². The van der Waals surface area contributed by atoms with Crippen LogP contribution in [0.1, 0.15) is 53.0 Å². The minimum atomic E-state index is -0.808. The number of halogens is 1. The summed E-state index contributed by atoms with van der Waals surface area (Å²) < 4.78 is 17.6. The van der Waals surface area contributed by atoms with Crippen molar-refractivity contribution in [2.75, 3.05) is 18.1 Å². The zero-order valence-electron chi connectivity index (χ0n) is 20.3. The number of carbonyl (C=O) groups is 1. The van der Waals surface area contributed by atoms with E-state index in [1.165, 1.54) is 16.2 Å². The lowest BCUT2D eigenvalue weighted by molar-refractivity contribution is 0.0970. The van der Waals surface area contributed by atoms with Crippen molar-refractivity contribution in [3.8, 4) is 11.5 Å². The number of aromatic nitrogens is 2. The van der Waals surface area contributed by atoms with Gasteiger partial charge in [0.05, 0.1) is 23.6 Å². The van der Waals surface area contributed by atoms with Crippen LogP contribution in [0, 0.1) is 0 Å². The van der Waals surface area contributed by atoms with E-state index in [1.54, 1.807) is 42.5 Å². The Morgan fingerprint density at radius 3 is 2.73 bits per heavy atom. The molecular weight excluding hydrogens is 514 g/mol. The van der Waals surface area contributed by atoms with Gasteiger partial charge in [-0.05, 0) is 49.2 Å². The molecule has 37 heavy (non-hydrogen) atoms. The first-order valence-corrected chi connectivity index (χ1v) is 13.1. The maximum Gasteiger partial charge on any atom is 0.297 e. The van der Waals surface area contributed by atoms with Crippen molar-refractivity contribution in [2.45, 2.75) is 32.7 Å². The number of rotatable bonds is 9. The Kier molecular flexibility index (Phi) is 6.99. The Labute approximate surface area is 222 Å². The molecule has 1 unspecified atom stereocenters. The number of amides is 1. The van der Waals surface area contributed by atoms with Gasteiger partial charge in [0.1, 0.15) is 17.2 Å². The minimum absolute atomic E-state index is 0.0259. The standard InChI is InChI=1S/C27H24ClN3O5S/c1-4-7-21-29-30-27(37-21)31-23(15-8-10-19(35-12-5-2)20(13-15)34-6-3)22-24(32)17-14-16(28)9-11-18(17)36-25(22)26(31)33/h5,8-11,13-14,23H,2,4,6-7,12H2,1,3H3. The summed E-state index contributed by atoms with van der Waals surface area (Å²) in [5, 5.41) is 10.4. The number of aryl methyl sites for hydroxylation is 1. The molecule has 0 saturated heterocycles. The van der Waals surface area contributed by atoms with Gasteiger partial charge in [0.2, 0.25) is 10.9 Å². The molecule has 1 aliphatic rings. The number of hydrogen-bond donors (Lipinski definition) is 0. The average Bonchev–Trinajstić information content (AvgIpc) is 3.46. The lowest BCUT2D eigenvalue weighted by Gasteiger charge is -2.23. The molecule has 1 aliphatic heterocycles. The molecular formula is C27H24ClN3O5S. The maximum absolute atomic E-state index is 13.8. The van der Waals surface area contributed by atoms with Crippen molar-refractivity contribution >= 4 is 44.9 Å². The summed E-state index contributed by atoms with van der Waals surface area (Å²) in [5.41, 5.74) is 0.814. The van der Waals surface area contributed by atoms with Crippen LogP contribution >= 0.6 is 22.9 Å². The van der Waals surface area contributed by atoms with Gasteiger partial charge in [-0.2, -0.15) is 0 Å². The highest BCUT2D eigenvalue weighted by molar-refractivity contribution is 7.15. The second-order valence-electron chi connectivity index (χ2n) is 8.36. The van der Waals surface area contributed by atoms with Crippen molar-refractivity contribution in [1.82, 2.24) is 10.2 Å². The van der Waals surface area contributed by atoms with Crippen LogP contribution in [0.2, 0.25) is 5.02 Å². The van der Waals surface area contributed by atoms with Crippen molar-refractivity contribution in [3.05, 3.63) is 86.2 Å². The van der Waals surface area contributed by atoms with E-state index in [-0.39, 0.29) is 22.3 Å². The third kappa shape index (κ3) is 4.49. The number of fused-ring (bicyclic) bond motifs is 2. The molecule has 3 heterocycles. The van der Waals surface area contributed by atoms with Gasteiger partial charge in [-0.1, -0.05) is 48.6 Å². The van der Waals surface area contributed by atoms with E-state index in [0.29, 0.717) is 45.8 Å². The molecule has 0 fully saturated rings. The number of benzene rings is 2. The van der Waals surface area contributed by atoms with Crippen LogP contribution in [-0.2, 0) is 6.42 Å². The first-order chi connectivity index (χ1) is 18.0. The number of nitrogens with zero attached hydrogens (tertiary/aromatic N) is 3. The van der Waals surface area contributed by atoms with Crippen molar-refractivity contribution in [1.29, 1.82) is 0 Å². The van der Waals surface area contributed by atoms with Gasteiger partial charge in [-0.3, -0.25) is 14.5 Å². The Balaban J connectivity index is 1.73. The van der Waals surface area contributed by atoms with Crippen LogP contribution in [0.15, 0.2) is 58.3 Å². The molecule has 0 spiro atoms. The van der Waals surface area contributed by atoms with Crippen LogP contribution in [0.5, 0.6) is 11.5 Å². The molecule has 2 aromatic heterocycles. The lowest BCUT2D eigenvalue weighted by Crippen LogP contribution is -2.29. The molecule has 0 aliphatic carbocycles. The topological polar surface area (TPSA) is 94.8 Å². The summed E-state index contributed by atoms with van der Waals surface area (Å²) in [4.78, 5) is 29.1. The zero-order valence-corrected chi connectivity index (χ0v) is 21.9. The van der Waals surface area contributed by atoms with Crippen LogP contribution < -0.4 is 19.8 Å². The quantitative estimate of drug-likeness (QED) is 0.243. The minimum Gasteiger partial charge on any atom is -0.490 e. The first kappa shape index (κ1) is 25.0. The predicted molar refractivity (Wildman–Crippen MR) is 143 cm³/mol. The second kappa shape index (κ2) is 10.4. The van der Waals surface area contributed by atoms with Crippen molar-refractivity contribution < 1.29 is 18.7 Å². The van der Waals surface area contributed by atoms with Crippen molar-refractivity contribution in [2.24, 2.45) is 0 Å². The van der Waals surface area contributed by atoms with Gasteiger partial charge in [-0.25, -0.2) is 0 Å². The molecule has 10 heteroatoms. The molecule has 190 valence electrons. The van der Waals surface area contributed by atoms with Crippen LogP contribution in [0.4, 0.5) is 5.13 Å². The van der Waals surface area contributed by atoms with E-state index >= 15 is 0 Å². The monoisotopic (exact) mass is 537 g/mol. The molecule has 4 aromatic rings. The van der Waals surface area contributed by atoms with Gasteiger partial charge in [0.25, 0.3) is 5.91 Å². The van der Waals surface area contributed by atoms with Crippen LogP contribution in [-0.4, -0.2) is 29.3 Å². The van der Waals surface area contributed by atoms with Gasteiger partial charge >= 0.3 is 0 Å². The zero-order chi connectivity index (χ0) is 26.1. The van der Waals surface area contributed by atoms with E-state index in [1.807, 2.05) is 13.8 Å². The molecule has 0 saturated carbocycles. The highest BCUT2D eigenvalue weighted by atomic mass is 35.5. The molecule has 8 nitrogen and oxygen atoms in total. The summed E-state index contributed by atoms with van der Waals surface area (Å²) in [7, 11) is 0. The first-order valence-electron chi connectivity index (χ1n) is 11.9. The van der Waals surface area contributed by atoms with Crippen LogP contribution in [0.3, 0.4) is 0 Å². The summed E-state index contributed by atoms with van der Waals surface area (Å²) in [6, 6.07) is 9.28. The number of ether oxygens (including phenoxy) is 2. The normalized spacial score (nSPS) is 14.7. The SMILES string of the molecule is C=CCOc1ccc(C2c3c(oc4ccc(Cl)cc4c3=O)C(=O)N2c2nnc(CCC)s2)cc1OCC. The Morgan fingerprint density at radius 2 is 1.97 bits per heavy atom. The van der Waals surface area contributed by atoms with E-state index in [9.17, 15) is 9.59 Å². The van der Waals surface area contributed by atoms with Gasteiger partial charge in [0.15, 0.2) is 16.9 Å². The number of hydrogen-bond acceptors (Lipinski definition) is 8. The third-order valence-electron chi connectivity index (χ3n) is 5.90. The second-order valence-corrected chi connectivity index (χ2v) is 9.84. The predicted octanol–water partition coefficient (Wildman–Crippen LogP) is 5.96. The smallest absolute Gasteiger partial charge is 0.297 e. The fourth-order valence-electron chi connectivity index (χ4n) is 4.35. The fourth-order valence-corrected chi connectivity index (χ4v) is 5.48. The Hall–Kier alpha value is -3.69. The third-order valence-corrected chi connectivity index (χ3v) is 7.12. The molecule has 0 bridgehead atoms. The maximum atomic E-state index is 13.8. The van der Waals surface area contributed by atoms with Crippen LogP contribution in [0.25, 0.3) is 11.0 Å². The average molecular weight is 538 g/mol. The molecule has 2 aromatic carbocycles. The summed E-state index contributed by atoms with van der Waals surface area (Å²) in [5.74, 6) is 0.528. The largest absolute Gasteiger partial charge is 0.490 e. The highest BCUT2D eigenvalue weighted by Crippen LogP contribution is 2.44. The molecule has 0 radical (unpaired) electrons. The molecule has 0 N–H and O–H groups in total. The van der Waals surface area contributed by atoms with E-state index < -0.39 is 11.9 Å². The molecule has 1 amide bonds. The van der Waals surface area contributed by atoms with Gasteiger partial charge in [0, 0.05) is 11.4 Å². The lowest BCUT2D eigenvalue weighted by atomic mass is 9.98. The van der Waals surface area contributed by atoms with Gasteiger partial charge < -0.3 is 13.9 Å². The fraction of sp³-hybridized carbons (Fsp3) is 0.259. The summed E-state index contributed by atoms with van der Waals surface area (Å²) >= 11 is 7.50. The molecule has 5 rings (SSSR count). The highest BCUT2D eigenvalue weighted by Gasteiger charge is 2.45. The van der Waals surface area contributed by atoms with E-state index in [4.69, 9.17) is 25.5 Å². The van der Waals surface area contributed by atoms with E-state index in [2.05, 4.69) is 16.8 Å². The summed E-state index contributed by atoms with van der Waals surface area (Å²) in [6.07, 6.45) is 3.27. The molecule has 1 atom stereocenters. The summed E-state index contributed by atoms with van der Waals surface area (Å²) in [6.45, 7) is 8.31.